The number of aryl methyl sites for hydroxylation is 1. The van der Waals surface area contributed by atoms with Gasteiger partial charge in [-0.15, -0.1) is 11.3 Å². The quantitative estimate of drug-likeness (QED) is 0.619. The van der Waals surface area contributed by atoms with Crippen molar-refractivity contribution >= 4 is 28.8 Å². The van der Waals surface area contributed by atoms with Crippen molar-refractivity contribution in [2.75, 3.05) is 12.0 Å². The highest BCUT2D eigenvalue weighted by atomic mass is 32.1. The molecule has 4 rings (SSSR count). The van der Waals surface area contributed by atoms with Crippen molar-refractivity contribution in [3.05, 3.63) is 75.7 Å². The fourth-order valence-corrected chi connectivity index (χ4v) is 3.97. The van der Waals surface area contributed by atoms with Gasteiger partial charge >= 0.3 is 0 Å². The summed E-state index contributed by atoms with van der Waals surface area (Å²) in [5.41, 5.74) is 2.35. The van der Waals surface area contributed by atoms with Gasteiger partial charge in [-0.25, -0.2) is 13.8 Å². The summed E-state index contributed by atoms with van der Waals surface area (Å²) in [6.07, 6.45) is 3.56. The molecule has 1 aliphatic heterocycles. The van der Waals surface area contributed by atoms with E-state index in [1.54, 1.807) is 23.6 Å². The first kappa shape index (κ1) is 18.1. The second kappa shape index (κ2) is 7.40. The first-order chi connectivity index (χ1) is 13.5. The molecular formula is C20H16F2N4OS. The van der Waals surface area contributed by atoms with Crippen LogP contribution in [0.4, 0.5) is 14.6 Å². The Morgan fingerprint density at radius 2 is 2.00 bits per heavy atom. The Morgan fingerprint density at radius 1 is 1.21 bits per heavy atom. The summed E-state index contributed by atoms with van der Waals surface area (Å²) in [6.45, 7) is 2.74. The zero-order valence-electron chi connectivity index (χ0n) is 14.8. The maximum Gasteiger partial charge on any atom is 0.262 e. The molecule has 3 heterocycles. The van der Waals surface area contributed by atoms with E-state index in [0.29, 0.717) is 6.67 Å². The lowest BCUT2D eigenvalue weighted by Gasteiger charge is -2.07. The van der Waals surface area contributed by atoms with Crippen LogP contribution < -0.4 is 16.0 Å². The van der Waals surface area contributed by atoms with Crippen LogP contribution in [0.25, 0.3) is 16.8 Å². The SMILES string of the molecule is Cc1sc(C2=CNCN2)cc1-c1ccc(NC(=O)c2c(F)cccc2F)nc1. The fraction of sp³-hybridized carbons (Fsp3) is 0.100. The molecule has 0 bridgehead atoms. The largest absolute Gasteiger partial charge is 0.372 e. The summed E-state index contributed by atoms with van der Waals surface area (Å²) in [5, 5.41) is 8.80. The van der Waals surface area contributed by atoms with Gasteiger partial charge in [0.2, 0.25) is 0 Å². The van der Waals surface area contributed by atoms with Gasteiger partial charge in [0.1, 0.15) is 23.0 Å². The maximum atomic E-state index is 13.7. The molecule has 0 fully saturated rings. The van der Waals surface area contributed by atoms with E-state index >= 15 is 0 Å². The van der Waals surface area contributed by atoms with Crippen LogP contribution >= 0.6 is 11.3 Å². The van der Waals surface area contributed by atoms with E-state index in [-0.39, 0.29) is 5.82 Å². The minimum absolute atomic E-state index is 0.217. The summed E-state index contributed by atoms with van der Waals surface area (Å²) in [5.74, 6) is -2.50. The van der Waals surface area contributed by atoms with Gasteiger partial charge in [0.25, 0.3) is 5.91 Å². The normalized spacial score (nSPS) is 12.9. The summed E-state index contributed by atoms with van der Waals surface area (Å²) in [4.78, 5) is 18.6. The Bertz CT molecular complexity index is 1060. The third-order valence-electron chi connectivity index (χ3n) is 4.32. The Morgan fingerprint density at radius 3 is 2.64 bits per heavy atom. The van der Waals surface area contributed by atoms with Crippen molar-refractivity contribution in [1.29, 1.82) is 0 Å². The molecule has 3 aromatic rings. The van der Waals surface area contributed by atoms with E-state index in [0.717, 1.165) is 38.7 Å². The molecule has 2 aromatic heterocycles. The van der Waals surface area contributed by atoms with Crippen molar-refractivity contribution in [3.63, 3.8) is 0 Å². The van der Waals surface area contributed by atoms with Gasteiger partial charge in [-0.1, -0.05) is 6.07 Å². The van der Waals surface area contributed by atoms with Crippen LogP contribution in [0.15, 0.2) is 48.8 Å². The second-order valence-electron chi connectivity index (χ2n) is 6.18. The van der Waals surface area contributed by atoms with Crippen LogP contribution in [0.5, 0.6) is 0 Å². The van der Waals surface area contributed by atoms with Gasteiger partial charge < -0.3 is 16.0 Å². The Balaban J connectivity index is 1.54. The van der Waals surface area contributed by atoms with Gasteiger partial charge in [0.15, 0.2) is 0 Å². The van der Waals surface area contributed by atoms with E-state index in [9.17, 15) is 13.6 Å². The lowest BCUT2D eigenvalue weighted by atomic mass is 10.1. The number of rotatable bonds is 4. The molecule has 8 heteroatoms. The lowest BCUT2D eigenvalue weighted by Crippen LogP contribution is -2.16. The number of aromatic nitrogens is 1. The highest BCUT2D eigenvalue weighted by Gasteiger charge is 2.18. The predicted molar refractivity (Wildman–Crippen MR) is 106 cm³/mol. The number of benzene rings is 1. The summed E-state index contributed by atoms with van der Waals surface area (Å²) in [6, 6.07) is 8.78. The van der Waals surface area contributed by atoms with Crippen LogP contribution in [-0.2, 0) is 0 Å². The first-order valence-corrected chi connectivity index (χ1v) is 9.34. The molecule has 3 N–H and O–H groups in total. The topological polar surface area (TPSA) is 66.0 Å². The third-order valence-corrected chi connectivity index (χ3v) is 5.40. The third kappa shape index (κ3) is 3.46. The standard InChI is InChI=1S/C20H16F2N4OS/c1-11-13(7-17(28-11)16-9-23-10-25-16)12-5-6-18(24-8-12)26-20(27)19-14(21)3-2-4-15(19)22/h2-9,23,25H,10H2,1H3,(H,24,26,27). The smallest absolute Gasteiger partial charge is 0.262 e. The van der Waals surface area contributed by atoms with Crippen LogP contribution in [0.3, 0.4) is 0 Å². The zero-order chi connectivity index (χ0) is 19.7. The summed E-state index contributed by atoms with van der Waals surface area (Å²) < 4.78 is 27.5. The molecular weight excluding hydrogens is 382 g/mol. The van der Waals surface area contributed by atoms with Gasteiger partial charge in [0, 0.05) is 22.8 Å². The Labute approximate surface area is 164 Å². The first-order valence-electron chi connectivity index (χ1n) is 8.53. The number of anilines is 1. The molecule has 0 aliphatic carbocycles. The minimum atomic E-state index is -0.917. The van der Waals surface area contributed by atoms with E-state index in [1.807, 2.05) is 19.2 Å². The van der Waals surface area contributed by atoms with Crippen molar-refractivity contribution in [1.82, 2.24) is 15.6 Å². The number of nitrogens with one attached hydrogen (secondary N) is 3. The van der Waals surface area contributed by atoms with Gasteiger partial charge in [-0.05, 0) is 42.8 Å². The number of amides is 1. The average molecular weight is 398 g/mol. The molecule has 1 aromatic carbocycles. The minimum Gasteiger partial charge on any atom is -0.372 e. The average Bonchev–Trinajstić information content (AvgIpc) is 3.32. The summed E-state index contributed by atoms with van der Waals surface area (Å²) >= 11 is 1.67. The zero-order valence-corrected chi connectivity index (χ0v) is 15.7. The number of carbonyl (C=O) groups excluding carboxylic acids is 1. The van der Waals surface area contributed by atoms with Crippen LogP contribution in [0, 0.1) is 18.6 Å². The molecule has 142 valence electrons. The van der Waals surface area contributed by atoms with Crippen molar-refractivity contribution < 1.29 is 13.6 Å². The lowest BCUT2D eigenvalue weighted by molar-refractivity contribution is 0.101. The predicted octanol–water partition coefficient (Wildman–Crippen LogP) is 4.10. The molecule has 1 amide bonds. The fourth-order valence-electron chi connectivity index (χ4n) is 2.93. The molecule has 0 spiro atoms. The molecule has 28 heavy (non-hydrogen) atoms. The van der Waals surface area contributed by atoms with Gasteiger partial charge in [0.05, 0.1) is 17.2 Å². The van der Waals surface area contributed by atoms with Crippen LogP contribution in [-0.4, -0.2) is 17.6 Å². The number of thiophene rings is 1. The molecule has 0 saturated heterocycles. The van der Waals surface area contributed by atoms with Gasteiger partial charge in [-0.2, -0.15) is 0 Å². The molecule has 0 saturated carbocycles. The van der Waals surface area contributed by atoms with E-state index in [2.05, 4.69) is 27.0 Å². The van der Waals surface area contributed by atoms with Crippen LogP contribution in [0.2, 0.25) is 0 Å². The van der Waals surface area contributed by atoms with Crippen molar-refractivity contribution in [2.24, 2.45) is 0 Å². The number of carbonyl (C=O) groups is 1. The van der Waals surface area contributed by atoms with E-state index in [4.69, 9.17) is 0 Å². The molecule has 5 nitrogen and oxygen atoms in total. The number of hydrogen-bond acceptors (Lipinski definition) is 5. The molecule has 1 aliphatic rings. The van der Waals surface area contributed by atoms with E-state index in [1.165, 1.54) is 6.07 Å². The highest BCUT2D eigenvalue weighted by molar-refractivity contribution is 7.13. The molecule has 0 radical (unpaired) electrons. The van der Waals surface area contributed by atoms with Gasteiger partial charge in [-0.3, -0.25) is 4.79 Å². The number of pyridine rings is 1. The monoisotopic (exact) mass is 398 g/mol. The van der Waals surface area contributed by atoms with Crippen molar-refractivity contribution in [2.45, 2.75) is 6.92 Å². The molecule has 0 unspecified atom stereocenters. The number of nitrogens with zero attached hydrogens (tertiary/aromatic N) is 1. The Hall–Kier alpha value is -3.26. The van der Waals surface area contributed by atoms with Crippen LogP contribution in [0.1, 0.15) is 20.1 Å². The number of hydrogen-bond donors (Lipinski definition) is 3. The second-order valence-corrected chi connectivity index (χ2v) is 7.44. The van der Waals surface area contributed by atoms with E-state index < -0.39 is 23.1 Å². The molecule has 0 atom stereocenters. The summed E-state index contributed by atoms with van der Waals surface area (Å²) in [7, 11) is 0. The highest BCUT2D eigenvalue weighted by Crippen LogP contribution is 2.34. The Kier molecular flexibility index (Phi) is 4.79. The number of halogens is 2. The maximum absolute atomic E-state index is 13.7. The van der Waals surface area contributed by atoms with Crippen molar-refractivity contribution in [3.8, 4) is 11.1 Å².